The van der Waals surface area contributed by atoms with Crippen LogP contribution in [-0.2, 0) is 6.54 Å². The third-order valence-electron chi connectivity index (χ3n) is 4.55. The Morgan fingerprint density at radius 1 is 1.40 bits per heavy atom. The summed E-state index contributed by atoms with van der Waals surface area (Å²) in [6.07, 6.45) is -0.771. The van der Waals surface area contributed by atoms with E-state index >= 15 is 0 Å². The van der Waals surface area contributed by atoms with Gasteiger partial charge < -0.3 is 20.2 Å². The van der Waals surface area contributed by atoms with E-state index in [4.69, 9.17) is 4.42 Å². The van der Waals surface area contributed by atoms with E-state index in [9.17, 15) is 5.11 Å². The molecule has 2 aromatic rings. The van der Waals surface area contributed by atoms with Crippen LogP contribution in [0, 0.1) is 13.8 Å². The zero-order valence-electron chi connectivity index (χ0n) is 15.3. The van der Waals surface area contributed by atoms with E-state index in [1.54, 1.807) is 6.92 Å². The predicted molar refractivity (Wildman–Crippen MR) is 96.9 cm³/mol. The molecule has 1 aliphatic rings. The van der Waals surface area contributed by atoms with Crippen LogP contribution in [0.15, 0.2) is 16.5 Å². The van der Waals surface area contributed by atoms with Crippen LogP contribution in [-0.4, -0.2) is 45.9 Å². The summed E-state index contributed by atoms with van der Waals surface area (Å²) in [5.74, 6) is 0.211. The Morgan fingerprint density at radius 2 is 2.20 bits per heavy atom. The van der Waals surface area contributed by atoms with Crippen LogP contribution in [0.5, 0.6) is 0 Å². The lowest BCUT2D eigenvalue weighted by atomic mass is 10.0. The van der Waals surface area contributed by atoms with Crippen LogP contribution in [0.1, 0.15) is 42.5 Å². The second-order valence-corrected chi connectivity index (χ2v) is 6.93. The number of nitrogens with one attached hydrogen (secondary N) is 2. The van der Waals surface area contributed by atoms with Gasteiger partial charge in [0.2, 0.25) is 5.89 Å². The Morgan fingerprint density at radius 3 is 2.88 bits per heavy atom. The van der Waals surface area contributed by atoms with Crippen molar-refractivity contribution in [3.63, 3.8) is 0 Å². The van der Waals surface area contributed by atoms with Crippen LogP contribution in [0.2, 0.25) is 0 Å². The van der Waals surface area contributed by atoms with E-state index in [0.29, 0.717) is 12.1 Å². The van der Waals surface area contributed by atoms with Crippen molar-refractivity contribution in [2.45, 2.75) is 46.4 Å². The SMILES string of the molecule is Cc1cc(CN2CCN[C@@H](C)C2)c(C)c(Nc2nnc(C(C)O)o2)c1. The maximum Gasteiger partial charge on any atom is 0.320 e. The molecule has 25 heavy (non-hydrogen) atoms. The standard InChI is InChI=1S/C18H27N5O2/c1-11-7-15(10-23-6-5-19-12(2)9-23)13(3)16(8-11)20-18-22-21-17(25-18)14(4)24/h7-8,12,14,19,24H,5-6,9-10H2,1-4H3,(H,20,22)/t12-,14?/m0/s1. The number of piperazine rings is 1. The lowest BCUT2D eigenvalue weighted by Gasteiger charge is -2.32. The molecular formula is C18H27N5O2. The summed E-state index contributed by atoms with van der Waals surface area (Å²) in [5, 5.41) is 24.0. The molecule has 2 atom stereocenters. The molecule has 3 N–H and O–H groups in total. The Kier molecular flexibility index (Phi) is 5.36. The smallest absolute Gasteiger partial charge is 0.320 e. The highest BCUT2D eigenvalue weighted by Gasteiger charge is 2.18. The molecule has 1 unspecified atom stereocenters. The van der Waals surface area contributed by atoms with Gasteiger partial charge in [-0.25, -0.2) is 0 Å². The number of aromatic nitrogens is 2. The van der Waals surface area contributed by atoms with Crippen LogP contribution in [0.3, 0.4) is 0 Å². The topological polar surface area (TPSA) is 86.5 Å². The molecule has 136 valence electrons. The summed E-state index contributed by atoms with van der Waals surface area (Å²) in [7, 11) is 0. The first kappa shape index (κ1) is 17.8. The molecule has 0 radical (unpaired) electrons. The molecular weight excluding hydrogens is 318 g/mol. The Labute approximate surface area is 148 Å². The van der Waals surface area contributed by atoms with Gasteiger partial charge in [0.1, 0.15) is 6.10 Å². The van der Waals surface area contributed by atoms with E-state index < -0.39 is 6.10 Å². The minimum atomic E-state index is -0.771. The van der Waals surface area contributed by atoms with Gasteiger partial charge in [-0.05, 0) is 50.5 Å². The Balaban J connectivity index is 1.79. The molecule has 2 heterocycles. The number of aryl methyl sites for hydroxylation is 1. The van der Waals surface area contributed by atoms with Crippen LogP contribution in [0.25, 0.3) is 0 Å². The molecule has 1 fully saturated rings. The summed E-state index contributed by atoms with van der Waals surface area (Å²) < 4.78 is 5.45. The van der Waals surface area contributed by atoms with E-state index in [0.717, 1.165) is 31.9 Å². The maximum absolute atomic E-state index is 9.51. The van der Waals surface area contributed by atoms with E-state index in [2.05, 4.69) is 58.6 Å². The summed E-state index contributed by atoms with van der Waals surface area (Å²) in [4.78, 5) is 2.48. The minimum Gasteiger partial charge on any atom is -0.405 e. The van der Waals surface area contributed by atoms with Crippen LogP contribution < -0.4 is 10.6 Å². The van der Waals surface area contributed by atoms with Gasteiger partial charge in [-0.2, -0.15) is 0 Å². The average Bonchev–Trinajstić information content (AvgIpc) is 3.01. The number of benzene rings is 1. The molecule has 3 rings (SSSR count). The zero-order valence-corrected chi connectivity index (χ0v) is 15.3. The zero-order chi connectivity index (χ0) is 18.0. The van der Waals surface area contributed by atoms with Gasteiger partial charge in [-0.3, -0.25) is 4.90 Å². The second-order valence-electron chi connectivity index (χ2n) is 6.93. The molecule has 0 aliphatic carbocycles. The number of nitrogens with zero attached hydrogens (tertiary/aromatic N) is 3. The van der Waals surface area contributed by atoms with Gasteiger partial charge in [-0.1, -0.05) is 11.2 Å². The molecule has 1 aliphatic heterocycles. The highest BCUT2D eigenvalue weighted by molar-refractivity contribution is 5.61. The van der Waals surface area contributed by atoms with E-state index in [1.807, 2.05) is 0 Å². The largest absolute Gasteiger partial charge is 0.405 e. The summed E-state index contributed by atoms with van der Waals surface area (Å²) in [6, 6.07) is 5.13. The molecule has 7 nitrogen and oxygen atoms in total. The van der Waals surface area contributed by atoms with Crippen molar-refractivity contribution in [2.24, 2.45) is 0 Å². The molecule has 1 aromatic heterocycles. The van der Waals surface area contributed by atoms with E-state index in [1.165, 1.54) is 16.7 Å². The first-order valence-electron chi connectivity index (χ1n) is 8.76. The third-order valence-corrected chi connectivity index (χ3v) is 4.55. The summed E-state index contributed by atoms with van der Waals surface area (Å²) in [5.41, 5.74) is 4.61. The number of aliphatic hydroxyl groups is 1. The lowest BCUT2D eigenvalue weighted by molar-refractivity contribution is 0.164. The summed E-state index contributed by atoms with van der Waals surface area (Å²) >= 11 is 0. The lowest BCUT2D eigenvalue weighted by Crippen LogP contribution is -2.48. The molecule has 1 saturated heterocycles. The molecule has 0 spiro atoms. The van der Waals surface area contributed by atoms with Crippen molar-refractivity contribution in [1.82, 2.24) is 20.4 Å². The monoisotopic (exact) mass is 345 g/mol. The van der Waals surface area contributed by atoms with Crippen molar-refractivity contribution in [1.29, 1.82) is 0 Å². The van der Waals surface area contributed by atoms with Crippen molar-refractivity contribution in [3.8, 4) is 0 Å². The number of rotatable bonds is 5. The van der Waals surface area contributed by atoms with Crippen LogP contribution >= 0.6 is 0 Å². The van der Waals surface area contributed by atoms with Gasteiger partial charge in [0.05, 0.1) is 0 Å². The fourth-order valence-corrected chi connectivity index (χ4v) is 3.19. The normalized spacial score (nSPS) is 19.8. The van der Waals surface area contributed by atoms with Gasteiger partial charge >= 0.3 is 6.01 Å². The van der Waals surface area contributed by atoms with Crippen LogP contribution in [0.4, 0.5) is 11.7 Å². The molecule has 1 aromatic carbocycles. The molecule has 0 amide bonds. The number of hydrogen-bond acceptors (Lipinski definition) is 7. The number of aliphatic hydroxyl groups excluding tert-OH is 1. The van der Waals surface area contributed by atoms with E-state index in [-0.39, 0.29) is 5.89 Å². The molecule has 0 saturated carbocycles. The van der Waals surface area contributed by atoms with Crippen molar-refractivity contribution < 1.29 is 9.52 Å². The van der Waals surface area contributed by atoms with Crippen molar-refractivity contribution in [3.05, 3.63) is 34.7 Å². The highest BCUT2D eigenvalue weighted by Crippen LogP contribution is 2.26. The maximum atomic E-state index is 9.51. The fourth-order valence-electron chi connectivity index (χ4n) is 3.19. The Hall–Kier alpha value is -1.96. The quantitative estimate of drug-likeness (QED) is 0.766. The first-order valence-corrected chi connectivity index (χ1v) is 8.76. The summed E-state index contributed by atoms with van der Waals surface area (Å²) in [6.45, 7) is 12.1. The highest BCUT2D eigenvalue weighted by atomic mass is 16.4. The van der Waals surface area contributed by atoms with Gasteiger partial charge in [0, 0.05) is 37.9 Å². The average molecular weight is 345 g/mol. The van der Waals surface area contributed by atoms with Gasteiger partial charge in [-0.15, -0.1) is 5.10 Å². The third kappa shape index (κ3) is 4.36. The van der Waals surface area contributed by atoms with Crippen molar-refractivity contribution in [2.75, 3.05) is 25.0 Å². The predicted octanol–water partition coefficient (Wildman–Crippen LogP) is 2.28. The molecule has 7 heteroatoms. The molecule has 0 bridgehead atoms. The number of hydrogen-bond donors (Lipinski definition) is 3. The fraction of sp³-hybridized carbons (Fsp3) is 0.556. The number of anilines is 2. The second kappa shape index (κ2) is 7.51. The minimum absolute atomic E-state index is 0.211. The van der Waals surface area contributed by atoms with Crippen molar-refractivity contribution >= 4 is 11.7 Å². The first-order chi connectivity index (χ1) is 11.9. The van der Waals surface area contributed by atoms with Gasteiger partial charge in [0.15, 0.2) is 0 Å². The van der Waals surface area contributed by atoms with Gasteiger partial charge in [0.25, 0.3) is 0 Å². The Bertz CT molecular complexity index is 728.